The smallest absolute Gasteiger partial charge is 0.332 e. The highest BCUT2D eigenvalue weighted by Crippen LogP contribution is 2.26. The number of hydrogen-bond acceptors (Lipinski definition) is 7. The van der Waals surface area contributed by atoms with Gasteiger partial charge in [-0.15, -0.1) is 11.3 Å². The first kappa shape index (κ1) is 21.2. The molecule has 0 aromatic carbocycles. The molecule has 0 fully saturated rings. The van der Waals surface area contributed by atoms with E-state index in [0.29, 0.717) is 12.2 Å². The second-order valence-electron chi connectivity index (χ2n) is 7.24. The van der Waals surface area contributed by atoms with Crippen LogP contribution in [0, 0.1) is 6.92 Å². The Kier molecular flexibility index (Phi) is 5.88. The third-order valence-electron chi connectivity index (χ3n) is 4.98. The molecule has 4 rings (SSSR count). The van der Waals surface area contributed by atoms with Crippen LogP contribution in [0.15, 0.2) is 39.5 Å². The molecule has 0 unspecified atom stereocenters. The van der Waals surface area contributed by atoms with E-state index in [1.54, 1.807) is 10.8 Å². The van der Waals surface area contributed by atoms with E-state index in [4.69, 9.17) is 9.84 Å². The number of aliphatic hydroxyl groups is 1. The van der Waals surface area contributed by atoms with Crippen molar-refractivity contribution >= 4 is 22.5 Å². The van der Waals surface area contributed by atoms with Crippen molar-refractivity contribution in [2.24, 2.45) is 7.05 Å². The van der Waals surface area contributed by atoms with E-state index in [1.807, 2.05) is 6.92 Å². The predicted molar refractivity (Wildman–Crippen MR) is 114 cm³/mol. The molecule has 164 valence electrons. The summed E-state index contributed by atoms with van der Waals surface area (Å²) < 4.78 is 23.3. The van der Waals surface area contributed by atoms with Crippen molar-refractivity contribution in [3.63, 3.8) is 0 Å². The van der Waals surface area contributed by atoms with Crippen molar-refractivity contribution in [3.05, 3.63) is 60.7 Å². The largest absolute Gasteiger partial charge is 0.430 e. The lowest BCUT2D eigenvalue weighted by Gasteiger charge is -2.13. The lowest BCUT2D eigenvalue weighted by molar-refractivity contribution is 0.277. The normalized spacial score (nSPS) is 14.1. The number of hydrogen-bond donors (Lipinski definition) is 1. The Morgan fingerprint density at radius 1 is 1.26 bits per heavy atom. The molecule has 0 saturated carbocycles. The number of nitrogens with zero attached hydrogens (tertiary/aromatic N) is 5. The molecule has 1 aliphatic rings. The molecule has 1 aliphatic carbocycles. The van der Waals surface area contributed by atoms with Crippen LogP contribution in [0.5, 0.6) is 6.01 Å². The topological polar surface area (TPSA) is 104 Å². The summed E-state index contributed by atoms with van der Waals surface area (Å²) in [5.74, 6) is 0.284. The first-order valence-corrected chi connectivity index (χ1v) is 10.7. The zero-order valence-electron chi connectivity index (χ0n) is 17.2. The van der Waals surface area contributed by atoms with Gasteiger partial charge in [0, 0.05) is 44.1 Å². The summed E-state index contributed by atoms with van der Waals surface area (Å²) >= 11 is 1.48. The van der Waals surface area contributed by atoms with Gasteiger partial charge < -0.3 is 9.84 Å². The zero-order chi connectivity index (χ0) is 22.1. The number of aromatic nitrogens is 5. The zero-order valence-corrected chi connectivity index (χ0v) is 18.0. The first-order valence-electron chi connectivity index (χ1n) is 9.84. The van der Waals surface area contributed by atoms with Gasteiger partial charge in [0.05, 0.1) is 6.54 Å². The standard InChI is InChI=1S/C20H22FN5O4S/c1-12-10-22-15(31-12)11-26-16-17(23-19(26)30-14-6-4-13(21)5-7-14)24(2)20(29)25(18(16)28)8-3-9-27/h4,6,10,27H,3,5,7-9,11H2,1-2H3. The molecule has 0 atom stereocenters. The number of imidazole rings is 1. The van der Waals surface area contributed by atoms with Gasteiger partial charge in [-0.25, -0.2) is 14.2 Å². The van der Waals surface area contributed by atoms with Crippen LogP contribution in [-0.2, 0) is 20.1 Å². The van der Waals surface area contributed by atoms with Crippen molar-refractivity contribution in [2.45, 2.75) is 39.3 Å². The molecule has 11 heteroatoms. The minimum atomic E-state index is -0.519. The van der Waals surface area contributed by atoms with Gasteiger partial charge in [0.15, 0.2) is 11.2 Å². The molecular formula is C20H22FN5O4S. The summed E-state index contributed by atoms with van der Waals surface area (Å²) in [4.78, 5) is 35.8. The summed E-state index contributed by atoms with van der Waals surface area (Å²) in [5, 5.41) is 9.89. The van der Waals surface area contributed by atoms with Gasteiger partial charge in [0.25, 0.3) is 5.56 Å². The highest BCUT2D eigenvalue weighted by atomic mass is 32.1. The van der Waals surface area contributed by atoms with Gasteiger partial charge in [-0.05, 0) is 25.5 Å². The number of thiazole rings is 1. The van der Waals surface area contributed by atoms with E-state index in [1.165, 1.54) is 35.1 Å². The fraction of sp³-hybridized carbons (Fsp3) is 0.400. The molecule has 3 aromatic rings. The molecule has 0 amide bonds. The summed E-state index contributed by atoms with van der Waals surface area (Å²) in [6.07, 6.45) is 5.48. The molecule has 0 aliphatic heterocycles. The Balaban J connectivity index is 1.90. The number of ether oxygens (including phenoxy) is 1. The maximum atomic E-state index is 13.4. The summed E-state index contributed by atoms with van der Waals surface area (Å²) in [6.45, 7) is 2.11. The Hall–Kier alpha value is -3.05. The molecule has 3 aromatic heterocycles. The Morgan fingerprint density at radius 3 is 2.71 bits per heavy atom. The molecule has 0 radical (unpaired) electrons. The predicted octanol–water partition coefficient (Wildman–Crippen LogP) is 2.00. The number of aliphatic hydroxyl groups excluding tert-OH is 1. The number of halogens is 1. The quantitative estimate of drug-likeness (QED) is 0.594. The average Bonchev–Trinajstić information content (AvgIpc) is 3.32. The van der Waals surface area contributed by atoms with Crippen molar-refractivity contribution in [3.8, 4) is 6.01 Å². The Morgan fingerprint density at radius 2 is 2.06 bits per heavy atom. The van der Waals surface area contributed by atoms with Gasteiger partial charge >= 0.3 is 11.7 Å². The second-order valence-corrected chi connectivity index (χ2v) is 8.56. The molecule has 0 bridgehead atoms. The van der Waals surface area contributed by atoms with E-state index in [-0.39, 0.29) is 55.5 Å². The third-order valence-corrected chi connectivity index (χ3v) is 5.88. The SMILES string of the molecule is Cc1cnc(Cn2c(OC3=CC=C(F)CC3)nc3c2c(=O)n(CCCO)c(=O)n3C)s1. The number of aryl methyl sites for hydroxylation is 2. The van der Waals surface area contributed by atoms with Crippen LogP contribution < -0.4 is 16.0 Å². The second kappa shape index (κ2) is 8.60. The highest BCUT2D eigenvalue weighted by Gasteiger charge is 2.23. The molecule has 0 saturated heterocycles. The highest BCUT2D eigenvalue weighted by molar-refractivity contribution is 7.11. The van der Waals surface area contributed by atoms with E-state index >= 15 is 0 Å². The van der Waals surface area contributed by atoms with Crippen molar-refractivity contribution in [1.29, 1.82) is 0 Å². The fourth-order valence-electron chi connectivity index (χ4n) is 3.41. The van der Waals surface area contributed by atoms with Crippen LogP contribution in [0.25, 0.3) is 11.2 Å². The van der Waals surface area contributed by atoms with Crippen LogP contribution >= 0.6 is 11.3 Å². The van der Waals surface area contributed by atoms with Crippen LogP contribution in [0.2, 0.25) is 0 Å². The van der Waals surface area contributed by atoms with E-state index in [9.17, 15) is 14.0 Å². The van der Waals surface area contributed by atoms with Gasteiger partial charge in [-0.3, -0.25) is 18.5 Å². The van der Waals surface area contributed by atoms with E-state index in [2.05, 4.69) is 9.97 Å². The van der Waals surface area contributed by atoms with Crippen LogP contribution in [0.4, 0.5) is 4.39 Å². The van der Waals surface area contributed by atoms with Gasteiger partial charge in [0.1, 0.15) is 16.6 Å². The molecule has 3 heterocycles. The number of rotatable bonds is 7. The van der Waals surface area contributed by atoms with Gasteiger partial charge in [-0.2, -0.15) is 4.98 Å². The maximum absolute atomic E-state index is 13.4. The van der Waals surface area contributed by atoms with E-state index in [0.717, 1.165) is 14.5 Å². The first-order chi connectivity index (χ1) is 14.9. The average molecular weight is 447 g/mol. The van der Waals surface area contributed by atoms with Crippen molar-refractivity contribution in [2.75, 3.05) is 6.61 Å². The molecule has 1 N–H and O–H groups in total. The lowest BCUT2D eigenvalue weighted by Crippen LogP contribution is -2.39. The summed E-state index contributed by atoms with van der Waals surface area (Å²) in [7, 11) is 1.53. The Bertz CT molecular complexity index is 1310. The van der Waals surface area contributed by atoms with E-state index < -0.39 is 11.2 Å². The van der Waals surface area contributed by atoms with Crippen LogP contribution in [-0.4, -0.2) is 35.4 Å². The lowest BCUT2D eigenvalue weighted by atomic mass is 10.1. The molecule has 9 nitrogen and oxygen atoms in total. The van der Waals surface area contributed by atoms with Crippen LogP contribution in [0.1, 0.15) is 29.1 Å². The fourth-order valence-corrected chi connectivity index (χ4v) is 4.18. The minimum Gasteiger partial charge on any atom is -0.430 e. The molecular weight excluding hydrogens is 425 g/mol. The van der Waals surface area contributed by atoms with Gasteiger partial charge in [-0.1, -0.05) is 0 Å². The van der Waals surface area contributed by atoms with Crippen LogP contribution in [0.3, 0.4) is 0 Å². The van der Waals surface area contributed by atoms with Crippen molar-refractivity contribution < 1.29 is 14.2 Å². The third kappa shape index (κ3) is 4.10. The Labute approximate surface area is 180 Å². The molecule has 0 spiro atoms. The van der Waals surface area contributed by atoms with Gasteiger partial charge in [0.2, 0.25) is 0 Å². The monoisotopic (exact) mass is 447 g/mol. The number of allylic oxidation sites excluding steroid dienone is 4. The maximum Gasteiger partial charge on any atom is 0.332 e. The van der Waals surface area contributed by atoms with Crippen molar-refractivity contribution in [1.82, 2.24) is 23.7 Å². The summed E-state index contributed by atoms with van der Waals surface area (Å²) in [5.41, 5.74) is -0.627. The minimum absolute atomic E-state index is 0.0882. The molecule has 31 heavy (non-hydrogen) atoms. The summed E-state index contributed by atoms with van der Waals surface area (Å²) in [6, 6.07) is 0.136. The number of fused-ring (bicyclic) bond motifs is 1.